The van der Waals surface area contributed by atoms with Crippen LogP contribution in [0.3, 0.4) is 0 Å². The number of carbonyl (C=O) groups is 2. The highest BCUT2D eigenvalue weighted by molar-refractivity contribution is 7.89. The number of amides is 1. The number of methoxy groups -OCH3 is 2. The molecule has 0 fully saturated rings. The van der Waals surface area contributed by atoms with E-state index in [1.165, 1.54) is 33.5 Å². The maximum Gasteiger partial charge on any atom is 0.337 e. The molecule has 2 aromatic carbocycles. The highest BCUT2D eigenvalue weighted by Crippen LogP contribution is 2.27. The standard InChI is InChI=1S/C20H23N3O6S/c1-14-5-10-17(28-3)18(11-14)30(26,27)23(2)13-19(24)22-21-12-15-6-8-16(9-7-15)20(25)29-4/h5-12H,13H2,1-4H3,(H,22,24). The van der Waals surface area contributed by atoms with Gasteiger partial charge >= 0.3 is 5.97 Å². The van der Waals surface area contributed by atoms with Gasteiger partial charge < -0.3 is 9.47 Å². The van der Waals surface area contributed by atoms with Crippen molar-refractivity contribution < 1.29 is 27.5 Å². The fraction of sp³-hybridized carbons (Fsp3) is 0.250. The Labute approximate surface area is 175 Å². The molecule has 0 aliphatic heterocycles. The van der Waals surface area contributed by atoms with Crippen molar-refractivity contribution in [3.05, 3.63) is 59.2 Å². The first-order chi connectivity index (χ1) is 14.2. The smallest absolute Gasteiger partial charge is 0.337 e. The number of carbonyl (C=O) groups excluding carboxylic acids is 2. The number of aryl methyl sites for hydroxylation is 1. The van der Waals surface area contributed by atoms with E-state index in [-0.39, 0.29) is 10.6 Å². The normalized spacial score (nSPS) is 11.5. The van der Waals surface area contributed by atoms with Crippen LogP contribution in [0.25, 0.3) is 0 Å². The topological polar surface area (TPSA) is 114 Å². The van der Waals surface area contributed by atoms with Crippen molar-refractivity contribution in [2.75, 3.05) is 27.8 Å². The number of esters is 1. The number of hydrogen-bond acceptors (Lipinski definition) is 7. The van der Waals surface area contributed by atoms with Crippen molar-refractivity contribution in [3.63, 3.8) is 0 Å². The number of hydrazone groups is 1. The van der Waals surface area contributed by atoms with Crippen molar-refractivity contribution in [3.8, 4) is 5.75 Å². The Hall–Kier alpha value is -3.24. The summed E-state index contributed by atoms with van der Waals surface area (Å²) in [6.45, 7) is 1.33. The van der Waals surface area contributed by atoms with E-state index in [4.69, 9.17) is 4.74 Å². The lowest BCUT2D eigenvalue weighted by Gasteiger charge is -2.18. The first-order valence-corrected chi connectivity index (χ1v) is 10.2. The lowest BCUT2D eigenvalue weighted by Crippen LogP contribution is -2.36. The highest BCUT2D eigenvalue weighted by Gasteiger charge is 2.26. The number of nitrogens with one attached hydrogen (secondary N) is 1. The molecule has 0 atom stereocenters. The number of likely N-dealkylation sites (N-methyl/N-ethyl adjacent to an activating group) is 1. The van der Waals surface area contributed by atoms with E-state index in [1.54, 1.807) is 43.3 Å². The first-order valence-electron chi connectivity index (χ1n) is 8.80. The lowest BCUT2D eigenvalue weighted by atomic mass is 10.1. The second-order valence-electron chi connectivity index (χ2n) is 6.32. The van der Waals surface area contributed by atoms with Crippen LogP contribution in [0.5, 0.6) is 5.75 Å². The summed E-state index contributed by atoms with van der Waals surface area (Å²) < 4.78 is 36.3. The lowest BCUT2D eigenvalue weighted by molar-refractivity contribution is -0.121. The maximum absolute atomic E-state index is 12.8. The fourth-order valence-corrected chi connectivity index (χ4v) is 3.84. The van der Waals surface area contributed by atoms with Crippen LogP contribution in [0.15, 0.2) is 52.5 Å². The first kappa shape index (κ1) is 23.0. The van der Waals surface area contributed by atoms with E-state index in [9.17, 15) is 18.0 Å². The van der Waals surface area contributed by atoms with Gasteiger partial charge in [-0.2, -0.15) is 9.41 Å². The SMILES string of the molecule is COC(=O)c1ccc(C=NNC(=O)CN(C)S(=O)(=O)c2cc(C)ccc2OC)cc1. The summed E-state index contributed by atoms with van der Waals surface area (Å²) in [5, 5.41) is 3.81. The van der Waals surface area contributed by atoms with Gasteiger partial charge in [-0.3, -0.25) is 4.79 Å². The van der Waals surface area contributed by atoms with Crippen LogP contribution >= 0.6 is 0 Å². The van der Waals surface area contributed by atoms with Gasteiger partial charge in [-0.05, 0) is 42.3 Å². The molecule has 0 aliphatic carbocycles. The van der Waals surface area contributed by atoms with Crippen LogP contribution in [0, 0.1) is 6.92 Å². The Kier molecular flexibility index (Phi) is 7.67. The van der Waals surface area contributed by atoms with Gasteiger partial charge in [0, 0.05) is 7.05 Å². The summed E-state index contributed by atoms with van der Waals surface area (Å²) in [6, 6.07) is 11.2. The largest absolute Gasteiger partial charge is 0.495 e. The average molecular weight is 433 g/mol. The second-order valence-corrected chi connectivity index (χ2v) is 8.34. The van der Waals surface area contributed by atoms with Crippen LogP contribution in [0.2, 0.25) is 0 Å². The molecule has 30 heavy (non-hydrogen) atoms. The molecular formula is C20H23N3O6S. The third-order valence-electron chi connectivity index (χ3n) is 4.11. The van der Waals surface area contributed by atoms with Crippen LogP contribution < -0.4 is 10.2 Å². The van der Waals surface area contributed by atoms with Gasteiger partial charge in [0.05, 0.1) is 32.5 Å². The van der Waals surface area contributed by atoms with Gasteiger partial charge in [-0.1, -0.05) is 18.2 Å². The van der Waals surface area contributed by atoms with E-state index in [0.29, 0.717) is 11.1 Å². The van der Waals surface area contributed by atoms with Gasteiger partial charge in [0.15, 0.2) is 0 Å². The van der Waals surface area contributed by atoms with E-state index in [1.807, 2.05) is 0 Å². The molecule has 9 nitrogen and oxygen atoms in total. The van der Waals surface area contributed by atoms with Crippen LogP contribution in [-0.2, 0) is 19.6 Å². The van der Waals surface area contributed by atoms with E-state index in [2.05, 4.69) is 15.3 Å². The number of ether oxygens (including phenoxy) is 2. The van der Waals surface area contributed by atoms with Crippen LogP contribution in [0.1, 0.15) is 21.5 Å². The summed E-state index contributed by atoms with van der Waals surface area (Å²) in [5.41, 5.74) is 4.04. The molecule has 0 spiro atoms. The van der Waals surface area contributed by atoms with Crippen molar-refractivity contribution >= 4 is 28.1 Å². The maximum atomic E-state index is 12.8. The molecule has 0 aromatic heterocycles. The molecule has 1 amide bonds. The van der Waals surface area contributed by atoms with Crippen molar-refractivity contribution in [2.45, 2.75) is 11.8 Å². The van der Waals surface area contributed by atoms with Gasteiger partial charge in [-0.25, -0.2) is 18.6 Å². The Bertz CT molecular complexity index is 1050. The van der Waals surface area contributed by atoms with Gasteiger partial charge in [0.1, 0.15) is 10.6 Å². The Morgan fingerprint density at radius 3 is 2.40 bits per heavy atom. The molecule has 0 heterocycles. The number of sulfonamides is 1. The van der Waals surface area contributed by atoms with Gasteiger partial charge in [-0.15, -0.1) is 0 Å². The predicted octanol–water partition coefficient (Wildman–Crippen LogP) is 1.56. The molecule has 0 unspecified atom stereocenters. The average Bonchev–Trinajstić information content (AvgIpc) is 2.73. The Balaban J connectivity index is 2.01. The molecule has 0 radical (unpaired) electrons. The Morgan fingerprint density at radius 2 is 1.80 bits per heavy atom. The van der Waals surface area contributed by atoms with Gasteiger partial charge in [0.2, 0.25) is 10.0 Å². The summed E-state index contributed by atoms with van der Waals surface area (Å²) in [6.07, 6.45) is 1.37. The molecule has 0 saturated carbocycles. The van der Waals surface area contributed by atoms with Gasteiger partial charge in [0.25, 0.3) is 5.91 Å². The molecule has 2 rings (SSSR count). The Morgan fingerprint density at radius 1 is 1.13 bits per heavy atom. The number of hydrogen-bond donors (Lipinski definition) is 1. The van der Waals surface area contributed by atoms with Crippen molar-refractivity contribution in [2.24, 2.45) is 5.10 Å². The predicted molar refractivity (Wildman–Crippen MR) is 111 cm³/mol. The molecule has 160 valence electrons. The summed E-state index contributed by atoms with van der Waals surface area (Å²) in [4.78, 5) is 23.5. The summed E-state index contributed by atoms with van der Waals surface area (Å²) in [5.74, 6) is -0.877. The zero-order valence-electron chi connectivity index (χ0n) is 17.1. The number of benzene rings is 2. The van der Waals surface area contributed by atoms with Crippen LogP contribution in [0.4, 0.5) is 0 Å². The zero-order valence-corrected chi connectivity index (χ0v) is 17.9. The van der Waals surface area contributed by atoms with E-state index < -0.39 is 28.4 Å². The quantitative estimate of drug-likeness (QED) is 0.384. The zero-order chi connectivity index (χ0) is 22.3. The molecule has 1 N–H and O–H groups in total. The van der Waals surface area contributed by atoms with Crippen molar-refractivity contribution in [1.82, 2.24) is 9.73 Å². The van der Waals surface area contributed by atoms with Crippen molar-refractivity contribution in [1.29, 1.82) is 0 Å². The van der Waals surface area contributed by atoms with E-state index >= 15 is 0 Å². The molecule has 0 aliphatic rings. The third-order valence-corrected chi connectivity index (χ3v) is 5.93. The molecule has 10 heteroatoms. The number of rotatable bonds is 8. The van der Waals surface area contributed by atoms with E-state index in [0.717, 1.165) is 9.87 Å². The molecule has 2 aromatic rings. The minimum atomic E-state index is -3.94. The minimum Gasteiger partial charge on any atom is -0.495 e. The minimum absolute atomic E-state index is 0.0190. The molecule has 0 bridgehead atoms. The summed E-state index contributed by atoms with van der Waals surface area (Å²) >= 11 is 0. The molecule has 0 saturated heterocycles. The highest BCUT2D eigenvalue weighted by atomic mass is 32.2. The number of nitrogens with zero attached hydrogens (tertiary/aromatic N) is 2. The molecular weight excluding hydrogens is 410 g/mol. The summed E-state index contributed by atoms with van der Waals surface area (Å²) in [7, 11) is 0.0264. The monoisotopic (exact) mass is 433 g/mol. The third kappa shape index (κ3) is 5.65. The fourth-order valence-electron chi connectivity index (χ4n) is 2.48. The van der Waals surface area contributed by atoms with Crippen LogP contribution in [-0.4, -0.2) is 58.6 Å². The second kappa shape index (κ2) is 9.99.